The number of carboxylic acids is 1. The predicted octanol–water partition coefficient (Wildman–Crippen LogP) is 1.17. The lowest BCUT2D eigenvalue weighted by atomic mass is 10.1. The third kappa shape index (κ3) is 2.74. The van der Waals surface area contributed by atoms with Gasteiger partial charge in [-0.2, -0.15) is 0 Å². The lowest BCUT2D eigenvalue weighted by molar-refractivity contribution is -0.137. The van der Waals surface area contributed by atoms with Crippen molar-refractivity contribution in [1.29, 1.82) is 0 Å². The first-order valence-electron chi connectivity index (χ1n) is 4.25. The van der Waals surface area contributed by atoms with Crippen LogP contribution in [-0.4, -0.2) is 18.2 Å². The van der Waals surface area contributed by atoms with E-state index in [1.807, 2.05) is 0 Å². The van der Waals surface area contributed by atoms with Crippen molar-refractivity contribution in [2.45, 2.75) is 12.5 Å². The van der Waals surface area contributed by atoms with Gasteiger partial charge in [-0.3, -0.25) is 4.79 Å². The van der Waals surface area contributed by atoms with Gasteiger partial charge in [0.05, 0.1) is 13.5 Å². The fraction of sp³-hybridized carbons (Fsp3) is 0.300. The summed E-state index contributed by atoms with van der Waals surface area (Å²) in [6, 6.07) is 6.60. The molecule has 0 saturated carbocycles. The van der Waals surface area contributed by atoms with Crippen LogP contribution in [0, 0.1) is 0 Å². The lowest BCUT2D eigenvalue weighted by Crippen LogP contribution is -2.14. The molecule has 1 aromatic rings. The van der Waals surface area contributed by atoms with Gasteiger partial charge in [0.25, 0.3) is 0 Å². The van der Waals surface area contributed by atoms with Gasteiger partial charge in [0, 0.05) is 6.04 Å². The number of hydrogen-bond donors (Lipinski definition) is 2. The van der Waals surface area contributed by atoms with Gasteiger partial charge in [0.15, 0.2) is 0 Å². The first-order valence-corrected chi connectivity index (χ1v) is 4.25. The van der Waals surface area contributed by atoms with Crippen molar-refractivity contribution in [3.05, 3.63) is 29.8 Å². The number of carboxylic acid groups (broad SMARTS) is 1. The SMILES string of the molecule is COc1ccc(C(N)CC(=O)O)cc1. The normalized spacial score (nSPS) is 12.1. The first kappa shape index (κ1) is 10.5. The predicted molar refractivity (Wildman–Crippen MR) is 52.2 cm³/mol. The zero-order valence-corrected chi connectivity index (χ0v) is 7.93. The maximum absolute atomic E-state index is 10.4. The zero-order chi connectivity index (χ0) is 10.6. The van der Waals surface area contributed by atoms with Crippen molar-refractivity contribution in [2.24, 2.45) is 5.73 Å². The Morgan fingerprint density at radius 1 is 1.50 bits per heavy atom. The molecule has 4 nitrogen and oxygen atoms in total. The van der Waals surface area contributed by atoms with E-state index in [9.17, 15) is 4.79 Å². The molecule has 0 spiro atoms. The van der Waals surface area contributed by atoms with Gasteiger partial charge in [-0.25, -0.2) is 0 Å². The van der Waals surface area contributed by atoms with Gasteiger partial charge in [-0.05, 0) is 17.7 Å². The average molecular weight is 195 g/mol. The minimum atomic E-state index is -0.895. The molecule has 1 unspecified atom stereocenters. The lowest BCUT2D eigenvalue weighted by Gasteiger charge is -2.09. The quantitative estimate of drug-likeness (QED) is 0.756. The fourth-order valence-corrected chi connectivity index (χ4v) is 1.16. The third-order valence-electron chi connectivity index (χ3n) is 1.94. The highest BCUT2D eigenvalue weighted by atomic mass is 16.5. The molecule has 0 saturated heterocycles. The van der Waals surface area contributed by atoms with E-state index < -0.39 is 12.0 Å². The summed E-state index contributed by atoms with van der Waals surface area (Å²) in [4.78, 5) is 10.4. The number of rotatable bonds is 4. The first-order chi connectivity index (χ1) is 6.63. The molecule has 0 fully saturated rings. The van der Waals surface area contributed by atoms with Crippen LogP contribution in [0.1, 0.15) is 18.0 Å². The Hall–Kier alpha value is -1.55. The van der Waals surface area contributed by atoms with E-state index in [2.05, 4.69) is 0 Å². The average Bonchev–Trinajstić information content (AvgIpc) is 2.17. The van der Waals surface area contributed by atoms with Crippen LogP contribution in [0.2, 0.25) is 0 Å². The molecule has 0 radical (unpaired) electrons. The van der Waals surface area contributed by atoms with Crippen LogP contribution < -0.4 is 10.5 Å². The molecule has 0 aliphatic carbocycles. The smallest absolute Gasteiger partial charge is 0.305 e. The standard InChI is InChI=1S/C10H13NO3/c1-14-8-4-2-7(3-5-8)9(11)6-10(12)13/h2-5,9H,6,11H2,1H3,(H,12,13). The second-order valence-electron chi connectivity index (χ2n) is 2.98. The van der Waals surface area contributed by atoms with E-state index in [0.717, 1.165) is 11.3 Å². The summed E-state index contributed by atoms with van der Waals surface area (Å²) in [5.74, 6) is -0.162. The molecular weight excluding hydrogens is 182 g/mol. The molecule has 0 heterocycles. The van der Waals surface area contributed by atoms with Gasteiger partial charge < -0.3 is 15.6 Å². The topological polar surface area (TPSA) is 72.5 Å². The Bertz CT molecular complexity index is 308. The molecule has 3 N–H and O–H groups in total. The van der Waals surface area contributed by atoms with Crippen LogP contribution in [0.4, 0.5) is 0 Å². The highest BCUT2D eigenvalue weighted by Gasteiger charge is 2.09. The Kier molecular flexibility index (Phi) is 3.48. The number of aliphatic carboxylic acids is 1. The molecule has 1 rings (SSSR count). The molecule has 1 atom stereocenters. The fourth-order valence-electron chi connectivity index (χ4n) is 1.16. The molecule has 0 amide bonds. The summed E-state index contributed by atoms with van der Waals surface area (Å²) in [5, 5.41) is 8.54. The summed E-state index contributed by atoms with van der Waals surface area (Å²) in [6.45, 7) is 0. The van der Waals surface area contributed by atoms with Gasteiger partial charge in [0.1, 0.15) is 5.75 Å². The number of benzene rings is 1. The largest absolute Gasteiger partial charge is 0.497 e. The van der Waals surface area contributed by atoms with E-state index in [1.54, 1.807) is 31.4 Å². The highest BCUT2D eigenvalue weighted by molar-refractivity contribution is 5.67. The molecular formula is C10H13NO3. The summed E-state index contributed by atoms with van der Waals surface area (Å²) < 4.78 is 4.97. The summed E-state index contributed by atoms with van der Waals surface area (Å²) in [6.07, 6.45) is -0.0632. The molecule has 76 valence electrons. The number of ether oxygens (including phenoxy) is 1. The number of hydrogen-bond acceptors (Lipinski definition) is 3. The van der Waals surface area contributed by atoms with Gasteiger partial charge in [-0.15, -0.1) is 0 Å². The summed E-state index contributed by atoms with van der Waals surface area (Å²) in [5.41, 5.74) is 6.47. The van der Waals surface area contributed by atoms with Crippen molar-refractivity contribution in [2.75, 3.05) is 7.11 Å². The minimum Gasteiger partial charge on any atom is -0.497 e. The summed E-state index contributed by atoms with van der Waals surface area (Å²) in [7, 11) is 1.58. The Morgan fingerprint density at radius 2 is 2.07 bits per heavy atom. The van der Waals surface area contributed by atoms with Crippen LogP contribution in [0.15, 0.2) is 24.3 Å². The monoisotopic (exact) mass is 195 g/mol. The van der Waals surface area contributed by atoms with Gasteiger partial charge in [-0.1, -0.05) is 12.1 Å². The van der Waals surface area contributed by atoms with E-state index in [-0.39, 0.29) is 6.42 Å². The van der Waals surface area contributed by atoms with Crippen LogP contribution in [0.3, 0.4) is 0 Å². The van der Waals surface area contributed by atoms with Crippen LogP contribution in [0.25, 0.3) is 0 Å². The molecule has 1 aromatic carbocycles. The Balaban J connectivity index is 2.71. The van der Waals surface area contributed by atoms with Crippen molar-refractivity contribution >= 4 is 5.97 Å². The molecule has 4 heteroatoms. The van der Waals surface area contributed by atoms with Gasteiger partial charge >= 0.3 is 5.97 Å². The number of carbonyl (C=O) groups is 1. The van der Waals surface area contributed by atoms with Crippen molar-refractivity contribution in [1.82, 2.24) is 0 Å². The Morgan fingerprint density at radius 3 is 2.50 bits per heavy atom. The maximum Gasteiger partial charge on any atom is 0.305 e. The van der Waals surface area contributed by atoms with Gasteiger partial charge in [0.2, 0.25) is 0 Å². The van der Waals surface area contributed by atoms with Crippen molar-refractivity contribution in [3.8, 4) is 5.75 Å². The van der Waals surface area contributed by atoms with E-state index in [1.165, 1.54) is 0 Å². The molecule has 0 aromatic heterocycles. The molecule has 0 aliphatic heterocycles. The molecule has 14 heavy (non-hydrogen) atoms. The van der Waals surface area contributed by atoms with E-state index >= 15 is 0 Å². The zero-order valence-electron chi connectivity index (χ0n) is 7.93. The van der Waals surface area contributed by atoms with Crippen molar-refractivity contribution in [3.63, 3.8) is 0 Å². The number of nitrogens with two attached hydrogens (primary N) is 1. The second kappa shape index (κ2) is 4.62. The van der Waals surface area contributed by atoms with E-state index in [0.29, 0.717) is 0 Å². The maximum atomic E-state index is 10.4. The van der Waals surface area contributed by atoms with Crippen LogP contribution in [-0.2, 0) is 4.79 Å². The minimum absolute atomic E-state index is 0.0632. The van der Waals surface area contributed by atoms with Crippen molar-refractivity contribution < 1.29 is 14.6 Å². The molecule has 0 aliphatic rings. The second-order valence-corrected chi connectivity index (χ2v) is 2.98. The molecule has 0 bridgehead atoms. The van der Waals surface area contributed by atoms with Crippen LogP contribution >= 0.6 is 0 Å². The Labute approximate surface area is 82.3 Å². The number of methoxy groups -OCH3 is 1. The summed E-state index contributed by atoms with van der Waals surface area (Å²) >= 11 is 0. The highest BCUT2D eigenvalue weighted by Crippen LogP contribution is 2.17. The van der Waals surface area contributed by atoms with E-state index in [4.69, 9.17) is 15.6 Å². The third-order valence-corrected chi connectivity index (χ3v) is 1.94. The van der Waals surface area contributed by atoms with Crippen LogP contribution in [0.5, 0.6) is 5.75 Å².